The van der Waals surface area contributed by atoms with Crippen molar-refractivity contribution in [2.45, 2.75) is 38.7 Å². The second-order valence-electron chi connectivity index (χ2n) is 5.33. The maximum Gasteiger partial charge on any atom is 0.253 e. The number of benzene rings is 1. The first-order chi connectivity index (χ1) is 9.70. The van der Waals surface area contributed by atoms with Crippen molar-refractivity contribution in [3.63, 3.8) is 0 Å². The van der Waals surface area contributed by atoms with Crippen LogP contribution < -0.4 is 10.6 Å². The Morgan fingerprint density at radius 3 is 2.95 bits per heavy atom. The van der Waals surface area contributed by atoms with Crippen LogP contribution in [0.4, 0.5) is 5.69 Å². The minimum absolute atomic E-state index is 0.0230. The van der Waals surface area contributed by atoms with E-state index in [0.29, 0.717) is 18.2 Å². The summed E-state index contributed by atoms with van der Waals surface area (Å²) in [6.07, 6.45) is 4.72. The molecule has 1 aromatic rings. The van der Waals surface area contributed by atoms with E-state index in [4.69, 9.17) is 4.74 Å². The molecule has 4 heteroatoms. The Kier molecular flexibility index (Phi) is 5.41. The van der Waals surface area contributed by atoms with E-state index in [-0.39, 0.29) is 5.91 Å². The molecule has 1 amide bonds. The standard InChI is InChI=1S/C16H24N2O2/c1-12-6-7-14(15(11-12)17-2)16(19)18-9-8-13-5-3-4-10-20-13/h6-7,11,13,17H,3-5,8-10H2,1-2H3,(H,18,19). The Labute approximate surface area is 120 Å². The summed E-state index contributed by atoms with van der Waals surface area (Å²) in [5, 5.41) is 6.05. The molecular formula is C16H24N2O2. The van der Waals surface area contributed by atoms with Gasteiger partial charge in [0, 0.05) is 25.9 Å². The van der Waals surface area contributed by atoms with E-state index < -0.39 is 0 Å². The maximum atomic E-state index is 12.2. The smallest absolute Gasteiger partial charge is 0.253 e. The molecule has 4 nitrogen and oxygen atoms in total. The lowest BCUT2D eigenvalue weighted by Gasteiger charge is -2.22. The highest BCUT2D eigenvalue weighted by Gasteiger charge is 2.15. The molecule has 110 valence electrons. The normalized spacial score (nSPS) is 18.6. The average molecular weight is 276 g/mol. The van der Waals surface area contributed by atoms with Gasteiger partial charge in [0.25, 0.3) is 5.91 Å². The van der Waals surface area contributed by atoms with Crippen molar-refractivity contribution in [2.75, 3.05) is 25.5 Å². The second kappa shape index (κ2) is 7.29. The predicted molar refractivity (Wildman–Crippen MR) is 81.3 cm³/mol. The third kappa shape index (κ3) is 3.97. The van der Waals surface area contributed by atoms with E-state index in [1.165, 1.54) is 6.42 Å². The second-order valence-corrected chi connectivity index (χ2v) is 5.33. The third-order valence-electron chi connectivity index (χ3n) is 3.71. The zero-order chi connectivity index (χ0) is 14.4. The Morgan fingerprint density at radius 2 is 2.25 bits per heavy atom. The van der Waals surface area contributed by atoms with E-state index >= 15 is 0 Å². The van der Waals surface area contributed by atoms with Crippen molar-refractivity contribution in [2.24, 2.45) is 0 Å². The lowest BCUT2D eigenvalue weighted by molar-refractivity contribution is 0.0117. The van der Waals surface area contributed by atoms with Gasteiger partial charge in [0.15, 0.2) is 0 Å². The number of nitrogens with one attached hydrogen (secondary N) is 2. The molecule has 0 spiro atoms. The van der Waals surface area contributed by atoms with E-state index in [1.54, 1.807) is 0 Å². The average Bonchev–Trinajstić information content (AvgIpc) is 2.48. The fourth-order valence-electron chi connectivity index (χ4n) is 2.54. The van der Waals surface area contributed by atoms with E-state index in [0.717, 1.165) is 37.1 Å². The summed E-state index contributed by atoms with van der Waals surface area (Å²) in [7, 11) is 1.83. The maximum absolute atomic E-state index is 12.2. The summed E-state index contributed by atoms with van der Waals surface area (Å²) in [5.41, 5.74) is 2.71. The molecule has 2 N–H and O–H groups in total. The van der Waals surface area contributed by atoms with Gasteiger partial charge in [0.2, 0.25) is 0 Å². The number of hydrogen-bond acceptors (Lipinski definition) is 3. The third-order valence-corrected chi connectivity index (χ3v) is 3.71. The molecule has 0 radical (unpaired) electrons. The van der Waals surface area contributed by atoms with Crippen LogP contribution in [-0.2, 0) is 4.74 Å². The number of rotatable bonds is 5. The van der Waals surface area contributed by atoms with Crippen LogP contribution in [0.25, 0.3) is 0 Å². The topological polar surface area (TPSA) is 50.4 Å². The first-order valence-corrected chi connectivity index (χ1v) is 7.39. The molecule has 1 fully saturated rings. The summed E-state index contributed by atoms with van der Waals surface area (Å²) in [6.45, 7) is 3.55. The fourth-order valence-corrected chi connectivity index (χ4v) is 2.54. The highest BCUT2D eigenvalue weighted by molar-refractivity contribution is 5.99. The van der Waals surface area contributed by atoms with Crippen molar-refractivity contribution >= 4 is 11.6 Å². The zero-order valence-corrected chi connectivity index (χ0v) is 12.4. The van der Waals surface area contributed by atoms with E-state index in [9.17, 15) is 4.79 Å². The van der Waals surface area contributed by atoms with Crippen LogP contribution in [-0.4, -0.2) is 32.2 Å². The molecule has 0 aromatic heterocycles. The SMILES string of the molecule is CNc1cc(C)ccc1C(=O)NCCC1CCCCO1. The largest absolute Gasteiger partial charge is 0.387 e. The van der Waals surface area contributed by atoms with Gasteiger partial charge in [-0.1, -0.05) is 6.07 Å². The fraction of sp³-hybridized carbons (Fsp3) is 0.562. The minimum atomic E-state index is -0.0230. The van der Waals surface area contributed by atoms with Crippen LogP contribution in [0.2, 0.25) is 0 Å². The molecule has 0 saturated carbocycles. The zero-order valence-electron chi connectivity index (χ0n) is 12.4. The number of anilines is 1. The van der Waals surface area contributed by atoms with Crippen LogP contribution in [0.15, 0.2) is 18.2 Å². The molecule has 0 aliphatic carbocycles. The molecule has 0 bridgehead atoms. The highest BCUT2D eigenvalue weighted by Crippen LogP contribution is 2.17. The number of amides is 1. The number of ether oxygens (including phenoxy) is 1. The number of hydrogen-bond donors (Lipinski definition) is 2. The predicted octanol–water partition coefficient (Wildman–Crippen LogP) is 2.73. The Hall–Kier alpha value is -1.55. The van der Waals surface area contributed by atoms with Crippen LogP contribution in [0.5, 0.6) is 0 Å². The molecule has 1 aliphatic heterocycles. The Balaban J connectivity index is 1.85. The quantitative estimate of drug-likeness (QED) is 0.869. The van der Waals surface area contributed by atoms with Crippen molar-refractivity contribution in [1.29, 1.82) is 0 Å². The number of aryl methyl sites for hydroxylation is 1. The van der Waals surface area contributed by atoms with Gasteiger partial charge in [0.05, 0.1) is 11.7 Å². The van der Waals surface area contributed by atoms with Crippen molar-refractivity contribution in [1.82, 2.24) is 5.32 Å². The molecule has 1 saturated heterocycles. The summed E-state index contributed by atoms with van der Waals surface area (Å²) >= 11 is 0. The lowest BCUT2D eigenvalue weighted by atomic mass is 10.1. The summed E-state index contributed by atoms with van der Waals surface area (Å²) in [4.78, 5) is 12.2. The van der Waals surface area contributed by atoms with Crippen LogP contribution in [0.1, 0.15) is 41.6 Å². The lowest BCUT2D eigenvalue weighted by Crippen LogP contribution is -2.29. The van der Waals surface area contributed by atoms with Crippen molar-refractivity contribution in [3.8, 4) is 0 Å². The minimum Gasteiger partial charge on any atom is -0.387 e. The van der Waals surface area contributed by atoms with Gasteiger partial charge < -0.3 is 15.4 Å². The highest BCUT2D eigenvalue weighted by atomic mass is 16.5. The first kappa shape index (κ1) is 14.9. The first-order valence-electron chi connectivity index (χ1n) is 7.39. The van der Waals surface area contributed by atoms with Crippen LogP contribution in [0.3, 0.4) is 0 Å². The van der Waals surface area contributed by atoms with E-state index in [1.807, 2.05) is 32.2 Å². The molecule has 1 aliphatic rings. The number of carbonyl (C=O) groups is 1. The summed E-state index contributed by atoms with van der Waals surface area (Å²) in [5.74, 6) is -0.0230. The molecule has 1 aromatic carbocycles. The van der Waals surface area contributed by atoms with Gasteiger partial charge in [-0.2, -0.15) is 0 Å². The Bertz CT molecular complexity index is 454. The molecule has 1 heterocycles. The molecule has 20 heavy (non-hydrogen) atoms. The summed E-state index contributed by atoms with van der Waals surface area (Å²) in [6, 6.07) is 5.81. The Morgan fingerprint density at radius 1 is 1.40 bits per heavy atom. The van der Waals surface area contributed by atoms with Gasteiger partial charge in [-0.3, -0.25) is 4.79 Å². The molecule has 1 atom stereocenters. The van der Waals surface area contributed by atoms with Gasteiger partial charge in [-0.15, -0.1) is 0 Å². The van der Waals surface area contributed by atoms with E-state index in [2.05, 4.69) is 10.6 Å². The van der Waals surface area contributed by atoms with Crippen molar-refractivity contribution in [3.05, 3.63) is 29.3 Å². The summed E-state index contributed by atoms with van der Waals surface area (Å²) < 4.78 is 5.66. The number of carbonyl (C=O) groups excluding carboxylic acids is 1. The van der Waals surface area contributed by atoms with Gasteiger partial charge in [-0.05, 0) is 50.3 Å². The molecular weight excluding hydrogens is 252 g/mol. The molecule has 1 unspecified atom stereocenters. The monoisotopic (exact) mass is 276 g/mol. The van der Waals surface area contributed by atoms with Gasteiger partial charge >= 0.3 is 0 Å². The van der Waals surface area contributed by atoms with Crippen LogP contribution >= 0.6 is 0 Å². The van der Waals surface area contributed by atoms with Gasteiger partial charge in [0.1, 0.15) is 0 Å². The molecule has 2 rings (SSSR count). The van der Waals surface area contributed by atoms with Crippen molar-refractivity contribution < 1.29 is 9.53 Å². The van der Waals surface area contributed by atoms with Crippen LogP contribution in [0, 0.1) is 6.92 Å². The van der Waals surface area contributed by atoms with Gasteiger partial charge in [-0.25, -0.2) is 0 Å².